The number of benzene rings is 2. The van der Waals surface area contributed by atoms with Crippen molar-refractivity contribution in [2.24, 2.45) is 0 Å². The standard InChI is InChI=1S/C20H25ClN2O3.ClH/c1-13(18-12-17(25-4)9-10-19(18)26-5)22-20(24)23(3)14(2)15-7-6-8-16(21)11-15;/h6-14H,1-5H3,(H,22,24);1H. The van der Waals surface area contributed by atoms with Gasteiger partial charge in [-0.3, -0.25) is 0 Å². The molecule has 2 rings (SSSR count). The van der Waals surface area contributed by atoms with Crippen molar-refractivity contribution in [3.8, 4) is 11.5 Å². The van der Waals surface area contributed by atoms with Gasteiger partial charge in [0.1, 0.15) is 11.5 Å². The minimum absolute atomic E-state index is 0. The molecule has 0 spiro atoms. The molecule has 0 fully saturated rings. The van der Waals surface area contributed by atoms with Gasteiger partial charge in [0.15, 0.2) is 0 Å². The first-order chi connectivity index (χ1) is 12.4. The van der Waals surface area contributed by atoms with E-state index >= 15 is 0 Å². The van der Waals surface area contributed by atoms with Crippen LogP contribution in [0.3, 0.4) is 0 Å². The monoisotopic (exact) mass is 412 g/mol. The highest BCUT2D eigenvalue weighted by molar-refractivity contribution is 6.30. The summed E-state index contributed by atoms with van der Waals surface area (Å²) >= 11 is 6.05. The molecule has 148 valence electrons. The highest BCUT2D eigenvalue weighted by atomic mass is 35.5. The van der Waals surface area contributed by atoms with E-state index in [9.17, 15) is 4.79 Å². The Hall–Kier alpha value is -2.11. The molecule has 2 unspecified atom stereocenters. The van der Waals surface area contributed by atoms with Crippen molar-refractivity contribution in [3.63, 3.8) is 0 Å². The summed E-state index contributed by atoms with van der Waals surface area (Å²) in [6.45, 7) is 3.87. The molecule has 0 heterocycles. The van der Waals surface area contributed by atoms with E-state index < -0.39 is 0 Å². The Morgan fingerprint density at radius 3 is 2.41 bits per heavy atom. The Labute approximate surface area is 172 Å². The third kappa shape index (κ3) is 5.68. The van der Waals surface area contributed by atoms with E-state index in [1.807, 2.05) is 56.3 Å². The van der Waals surface area contributed by atoms with Crippen LogP contribution in [0.25, 0.3) is 0 Å². The predicted octanol–water partition coefficient (Wildman–Crippen LogP) is 5.24. The highest BCUT2D eigenvalue weighted by Gasteiger charge is 2.21. The molecule has 0 saturated carbocycles. The van der Waals surface area contributed by atoms with Gasteiger partial charge in [-0.2, -0.15) is 0 Å². The van der Waals surface area contributed by atoms with Gasteiger partial charge >= 0.3 is 6.03 Å². The summed E-state index contributed by atoms with van der Waals surface area (Å²) in [6, 6.07) is 12.5. The summed E-state index contributed by atoms with van der Waals surface area (Å²) in [4.78, 5) is 14.3. The van der Waals surface area contributed by atoms with Gasteiger partial charge in [0.2, 0.25) is 0 Å². The number of hydrogen-bond acceptors (Lipinski definition) is 3. The van der Waals surface area contributed by atoms with Crippen LogP contribution in [-0.2, 0) is 0 Å². The fourth-order valence-electron chi connectivity index (χ4n) is 2.71. The number of rotatable bonds is 6. The van der Waals surface area contributed by atoms with Gasteiger partial charge in [-0.25, -0.2) is 4.79 Å². The molecule has 0 radical (unpaired) electrons. The number of methoxy groups -OCH3 is 2. The van der Waals surface area contributed by atoms with E-state index in [0.29, 0.717) is 16.5 Å². The van der Waals surface area contributed by atoms with Crippen LogP contribution in [0.2, 0.25) is 5.02 Å². The lowest BCUT2D eigenvalue weighted by Crippen LogP contribution is -2.40. The smallest absolute Gasteiger partial charge is 0.318 e. The Morgan fingerprint density at radius 1 is 1.11 bits per heavy atom. The van der Waals surface area contributed by atoms with Gasteiger partial charge in [0.05, 0.1) is 26.3 Å². The summed E-state index contributed by atoms with van der Waals surface area (Å²) in [5, 5.41) is 3.66. The molecule has 0 aliphatic carbocycles. The van der Waals surface area contributed by atoms with E-state index in [1.54, 1.807) is 26.2 Å². The largest absolute Gasteiger partial charge is 0.497 e. The second kappa shape index (κ2) is 10.3. The third-order valence-corrected chi connectivity index (χ3v) is 4.71. The number of amides is 2. The van der Waals surface area contributed by atoms with Crippen LogP contribution in [0.1, 0.15) is 37.1 Å². The molecule has 2 aromatic carbocycles. The summed E-state index contributed by atoms with van der Waals surface area (Å²) in [6.07, 6.45) is 0. The fraction of sp³-hybridized carbons (Fsp3) is 0.350. The number of carbonyl (C=O) groups is 1. The summed E-state index contributed by atoms with van der Waals surface area (Å²) in [5.74, 6) is 1.41. The molecular weight excluding hydrogens is 387 g/mol. The normalized spacial score (nSPS) is 12.4. The van der Waals surface area contributed by atoms with Crippen molar-refractivity contribution in [1.82, 2.24) is 10.2 Å². The van der Waals surface area contributed by atoms with E-state index in [0.717, 1.165) is 11.1 Å². The molecular formula is C20H26Cl2N2O3. The van der Waals surface area contributed by atoms with Crippen molar-refractivity contribution < 1.29 is 14.3 Å². The SMILES string of the molecule is COc1ccc(OC)c(C(C)NC(=O)N(C)C(C)c2cccc(Cl)c2)c1.Cl. The lowest BCUT2D eigenvalue weighted by atomic mass is 10.1. The lowest BCUT2D eigenvalue weighted by Gasteiger charge is -2.28. The molecule has 2 amide bonds. The third-order valence-electron chi connectivity index (χ3n) is 4.48. The molecule has 0 aromatic heterocycles. The number of hydrogen-bond donors (Lipinski definition) is 1. The first kappa shape index (κ1) is 22.9. The minimum atomic E-state index is -0.249. The topological polar surface area (TPSA) is 50.8 Å². The van der Waals surface area contributed by atoms with Crippen molar-refractivity contribution in [2.45, 2.75) is 25.9 Å². The summed E-state index contributed by atoms with van der Waals surface area (Å²) in [7, 11) is 4.97. The van der Waals surface area contributed by atoms with Crippen molar-refractivity contribution >= 4 is 30.0 Å². The maximum atomic E-state index is 12.7. The average molecular weight is 413 g/mol. The zero-order chi connectivity index (χ0) is 19.3. The summed E-state index contributed by atoms with van der Waals surface area (Å²) < 4.78 is 10.7. The maximum Gasteiger partial charge on any atom is 0.318 e. The van der Waals surface area contributed by atoms with Gasteiger partial charge in [-0.05, 0) is 49.7 Å². The Morgan fingerprint density at radius 2 is 1.81 bits per heavy atom. The van der Waals surface area contributed by atoms with Gasteiger partial charge in [0, 0.05) is 17.6 Å². The molecule has 2 atom stereocenters. The molecule has 0 saturated heterocycles. The maximum absolute atomic E-state index is 12.7. The Kier molecular flexibility index (Phi) is 8.73. The molecule has 0 bridgehead atoms. The Bertz CT molecular complexity index is 771. The molecule has 0 aliphatic rings. The van der Waals surface area contributed by atoms with Crippen LogP contribution in [-0.4, -0.2) is 32.2 Å². The number of halogens is 2. The zero-order valence-corrected chi connectivity index (χ0v) is 17.7. The zero-order valence-electron chi connectivity index (χ0n) is 16.2. The van der Waals surface area contributed by atoms with Crippen molar-refractivity contribution in [3.05, 3.63) is 58.6 Å². The van der Waals surface area contributed by atoms with Crippen molar-refractivity contribution in [2.75, 3.05) is 21.3 Å². The van der Waals surface area contributed by atoms with E-state index in [1.165, 1.54) is 0 Å². The van der Waals surface area contributed by atoms with Crippen LogP contribution in [0, 0.1) is 0 Å². The molecule has 0 aliphatic heterocycles. The van der Waals surface area contributed by atoms with Gasteiger partial charge in [-0.15, -0.1) is 12.4 Å². The van der Waals surface area contributed by atoms with Crippen LogP contribution < -0.4 is 14.8 Å². The first-order valence-corrected chi connectivity index (χ1v) is 8.75. The van der Waals surface area contributed by atoms with E-state index in [4.69, 9.17) is 21.1 Å². The van der Waals surface area contributed by atoms with Gasteiger partial charge in [-0.1, -0.05) is 23.7 Å². The molecule has 2 aromatic rings. The predicted molar refractivity (Wildman–Crippen MR) is 111 cm³/mol. The van der Waals surface area contributed by atoms with Crippen LogP contribution >= 0.6 is 24.0 Å². The molecule has 1 N–H and O–H groups in total. The second-order valence-electron chi connectivity index (χ2n) is 6.12. The van der Waals surface area contributed by atoms with E-state index in [-0.39, 0.29) is 30.5 Å². The summed E-state index contributed by atoms with van der Waals surface area (Å²) in [5.41, 5.74) is 1.82. The van der Waals surface area contributed by atoms with E-state index in [2.05, 4.69) is 5.32 Å². The second-order valence-corrected chi connectivity index (χ2v) is 6.56. The molecule has 7 heteroatoms. The van der Waals surface area contributed by atoms with Crippen LogP contribution in [0.15, 0.2) is 42.5 Å². The van der Waals surface area contributed by atoms with Gasteiger partial charge < -0.3 is 19.7 Å². The number of nitrogens with zero attached hydrogens (tertiary/aromatic N) is 1. The lowest BCUT2D eigenvalue weighted by molar-refractivity contribution is 0.191. The average Bonchev–Trinajstić information content (AvgIpc) is 2.66. The fourth-order valence-corrected chi connectivity index (χ4v) is 2.91. The minimum Gasteiger partial charge on any atom is -0.497 e. The molecule has 27 heavy (non-hydrogen) atoms. The number of carbonyl (C=O) groups excluding carboxylic acids is 1. The first-order valence-electron chi connectivity index (χ1n) is 8.38. The quantitative estimate of drug-likeness (QED) is 0.705. The highest BCUT2D eigenvalue weighted by Crippen LogP contribution is 2.30. The van der Waals surface area contributed by atoms with Crippen molar-refractivity contribution in [1.29, 1.82) is 0 Å². The number of ether oxygens (including phenoxy) is 2. The van der Waals surface area contributed by atoms with Crippen LogP contribution in [0.5, 0.6) is 11.5 Å². The Balaban J connectivity index is 0.00000364. The molecule has 5 nitrogen and oxygen atoms in total. The van der Waals surface area contributed by atoms with Gasteiger partial charge in [0.25, 0.3) is 0 Å². The number of nitrogens with one attached hydrogen (secondary N) is 1. The van der Waals surface area contributed by atoms with Crippen LogP contribution in [0.4, 0.5) is 4.79 Å². The number of urea groups is 1.